The Bertz CT molecular complexity index is 256. The quantitative estimate of drug-likeness (QED) is 0.577. The van der Waals surface area contributed by atoms with Gasteiger partial charge in [0.1, 0.15) is 0 Å². The number of nitrogens with zero attached hydrogens (tertiary/aromatic N) is 1. The van der Waals surface area contributed by atoms with Gasteiger partial charge in [0.25, 0.3) is 0 Å². The second-order valence-electron chi connectivity index (χ2n) is 5.33. The van der Waals surface area contributed by atoms with Crippen molar-refractivity contribution in [2.24, 2.45) is 5.92 Å². The highest BCUT2D eigenvalue weighted by atomic mass is 79.9. The molecule has 1 saturated carbocycles. The summed E-state index contributed by atoms with van der Waals surface area (Å²) in [6.07, 6.45) is 6.82. The van der Waals surface area contributed by atoms with E-state index in [1.54, 1.807) is 0 Å². The van der Waals surface area contributed by atoms with Crippen molar-refractivity contribution in [1.29, 1.82) is 0 Å². The summed E-state index contributed by atoms with van der Waals surface area (Å²) < 4.78 is 0. The summed E-state index contributed by atoms with van der Waals surface area (Å²) in [6, 6.07) is 0.884. The summed E-state index contributed by atoms with van der Waals surface area (Å²) >= 11 is 3.38. The van der Waals surface area contributed by atoms with E-state index in [0.29, 0.717) is 12.3 Å². The third-order valence-corrected chi connectivity index (χ3v) is 4.32. The predicted molar refractivity (Wildman–Crippen MR) is 73.4 cm³/mol. The molecule has 1 aliphatic carbocycles. The molecule has 1 N–H and O–H groups in total. The lowest BCUT2D eigenvalue weighted by atomic mass is 10.1. The van der Waals surface area contributed by atoms with E-state index < -0.39 is 0 Å². The molecule has 1 heterocycles. The Balaban J connectivity index is 1.54. The highest BCUT2D eigenvalue weighted by molar-refractivity contribution is 9.09. The number of hydrogen-bond acceptors (Lipinski definition) is 2. The molecule has 1 saturated heterocycles. The SMILES string of the molecule is O=C(CCCCBr)NCC1CCN(C2CC2)C1. The first kappa shape index (κ1) is 13.3. The van der Waals surface area contributed by atoms with Gasteiger partial charge in [-0.15, -0.1) is 0 Å². The van der Waals surface area contributed by atoms with Gasteiger partial charge in [-0.05, 0) is 44.6 Å². The highest BCUT2D eigenvalue weighted by Crippen LogP contribution is 2.31. The minimum Gasteiger partial charge on any atom is -0.356 e. The summed E-state index contributed by atoms with van der Waals surface area (Å²) in [5.74, 6) is 0.923. The summed E-state index contributed by atoms with van der Waals surface area (Å²) in [5, 5.41) is 4.08. The molecule has 1 atom stereocenters. The van der Waals surface area contributed by atoms with E-state index in [-0.39, 0.29) is 5.91 Å². The molecule has 0 aromatic heterocycles. The van der Waals surface area contributed by atoms with Gasteiger partial charge in [0, 0.05) is 30.9 Å². The number of unbranched alkanes of at least 4 members (excludes halogenated alkanes) is 1. The van der Waals surface area contributed by atoms with Crippen LogP contribution in [-0.2, 0) is 4.79 Å². The van der Waals surface area contributed by atoms with Crippen molar-refractivity contribution in [2.75, 3.05) is 25.0 Å². The molecule has 17 heavy (non-hydrogen) atoms. The monoisotopic (exact) mass is 302 g/mol. The van der Waals surface area contributed by atoms with Crippen LogP contribution in [0, 0.1) is 5.92 Å². The van der Waals surface area contributed by atoms with Gasteiger partial charge in [0.2, 0.25) is 5.91 Å². The zero-order valence-electron chi connectivity index (χ0n) is 10.5. The molecule has 1 unspecified atom stereocenters. The molecule has 2 rings (SSSR count). The van der Waals surface area contributed by atoms with Crippen LogP contribution in [0.25, 0.3) is 0 Å². The number of hydrogen-bond donors (Lipinski definition) is 1. The van der Waals surface area contributed by atoms with Gasteiger partial charge in [0.05, 0.1) is 0 Å². The maximum Gasteiger partial charge on any atom is 0.220 e. The van der Waals surface area contributed by atoms with Crippen molar-refractivity contribution >= 4 is 21.8 Å². The number of nitrogens with one attached hydrogen (secondary N) is 1. The molecular formula is C13H23BrN2O. The Labute approximate surface area is 112 Å². The van der Waals surface area contributed by atoms with Crippen LogP contribution in [-0.4, -0.2) is 41.8 Å². The van der Waals surface area contributed by atoms with Crippen LogP contribution in [0.3, 0.4) is 0 Å². The summed E-state index contributed by atoms with van der Waals surface area (Å²) in [4.78, 5) is 14.2. The fourth-order valence-electron chi connectivity index (χ4n) is 2.53. The van der Waals surface area contributed by atoms with E-state index in [0.717, 1.165) is 30.8 Å². The van der Waals surface area contributed by atoms with Crippen LogP contribution in [0.5, 0.6) is 0 Å². The Morgan fingerprint density at radius 3 is 2.82 bits per heavy atom. The molecule has 98 valence electrons. The van der Waals surface area contributed by atoms with E-state index in [9.17, 15) is 4.79 Å². The number of carbonyl (C=O) groups is 1. The van der Waals surface area contributed by atoms with E-state index >= 15 is 0 Å². The maximum atomic E-state index is 11.6. The first-order valence-corrected chi connectivity index (χ1v) is 7.98. The van der Waals surface area contributed by atoms with Crippen molar-refractivity contribution < 1.29 is 4.79 Å². The van der Waals surface area contributed by atoms with Gasteiger partial charge in [-0.25, -0.2) is 0 Å². The molecule has 1 aliphatic heterocycles. The van der Waals surface area contributed by atoms with Gasteiger partial charge in [-0.2, -0.15) is 0 Å². The minimum absolute atomic E-state index is 0.232. The maximum absolute atomic E-state index is 11.6. The van der Waals surface area contributed by atoms with Crippen molar-refractivity contribution in [1.82, 2.24) is 10.2 Å². The van der Waals surface area contributed by atoms with Crippen molar-refractivity contribution in [3.63, 3.8) is 0 Å². The van der Waals surface area contributed by atoms with E-state index in [1.165, 1.54) is 32.4 Å². The molecule has 0 radical (unpaired) electrons. The van der Waals surface area contributed by atoms with Crippen LogP contribution in [0.1, 0.15) is 38.5 Å². The third kappa shape index (κ3) is 4.59. The van der Waals surface area contributed by atoms with Crippen LogP contribution in [0.15, 0.2) is 0 Å². The van der Waals surface area contributed by atoms with Gasteiger partial charge >= 0.3 is 0 Å². The van der Waals surface area contributed by atoms with E-state index in [2.05, 4.69) is 26.1 Å². The van der Waals surface area contributed by atoms with E-state index in [4.69, 9.17) is 0 Å². The normalized spacial score (nSPS) is 25.1. The average Bonchev–Trinajstić information content (AvgIpc) is 3.07. The van der Waals surface area contributed by atoms with Crippen molar-refractivity contribution in [3.8, 4) is 0 Å². The Hall–Kier alpha value is -0.0900. The molecule has 0 spiro atoms. The first-order valence-electron chi connectivity index (χ1n) is 6.86. The minimum atomic E-state index is 0.232. The number of alkyl halides is 1. The predicted octanol–water partition coefficient (Wildman–Crippen LogP) is 2.15. The number of rotatable bonds is 7. The van der Waals surface area contributed by atoms with Crippen LogP contribution >= 0.6 is 15.9 Å². The zero-order valence-corrected chi connectivity index (χ0v) is 12.0. The lowest BCUT2D eigenvalue weighted by Crippen LogP contribution is -2.31. The Kier molecular flexibility index (Phi) is 5.29. The van der Waals surface area contributed by atoms with Crippen molar-refractivity contribution in [3.05, 3.63) is 0 Å². The lowest BCUT2D eigenvalue weighted by Gasteiger charge is -2.15. The summed E-state index contributed by atoms with van der Waals surface area (Å²) in [5.41, 5.74) is 0. The van der Waals surface area contributed by atoms with E-state index in [1.807, 2.05) is 0 Å². The van der Waals surface area contributed by atoms with Gasteiger partial charge in [-0.3, -0.25) is 4.79 Å². The molecule has 4 heteroatoms. The Morgan fingerprint density at radius 1 is 1.29 bits per heavy atom. The number of amides is 1. The topological polar surface area (TPSA) is 32.3 Å². The number of carbonyl (C=O) groups excluding carboxylic acids is 1. The van der Waals surface area contributed by atoms with Crippen LogP contribution in [0.2, 0.25) is 0 Å². The molecule has 0 bridgehead atoms. The Morgan fingerprint density at radius 2 is 2.12 bits per heavy atom. The molecule has 2 aliphatic rings. The first-order chi connectivity index (χ1) is 8.29. The fraction of sp³-hybridized carbons (Fsp3) is 0.923. The highest BCUT2D eigenvalue weighted by Gasteiger charge is 2.34. The smallest absolute Gasteiger partial charge is 0.220 e. The lowest BCUT2D eigenvalue weighted by molar-refractivity contribution is -0.121. The van der Waals surface area contributed by atoms with Gasteiger partial charge in [-0.1, -0.05) is 15.9 Å². The largest absolute Gasteiger partial charge is 0.356 e. The van der Waals surface area contributed by atoms with Crippen molar-refractivity contribution in [2.45, 2.75) is 44.6 Å². The third-order valence-electron chi connectivity index (χ3n) is 3.76. The molecule has 1 amide bonds. The molecular weight excluding hydrogens is 280 g/mol. The standard InChI is InChI=1S/C13H23BrN2O/c14-7-2-1-3-13(17)15-9-11-6-8-16(10-11)12-4-5-12/h11-12H,1-10H2,(H,15,17). The summed E-state index contributed by atoms with van der Waals surface area (Å²) in [6.45, 7) is 3.33. The van der Waals surface area contributed by atoms with Crippen LogP contribution in [0.4, 0.5) is 0 Å². The van der Waals surface area contributed by atoms with Crippen LogP contribution < -0.4 is 5.32 Å². The van der Waals surface area contributed by atoms with Gasteiger partial charge < -0.3 is 10.2 Å². The second-order valence-corrected chi connectivity index (χ2v) is 6.12. The number of halogens is 1. The summed E-state index contributed by atoms with van der Waals surface area (Å²) in [7, 11) is 0. The molecule has 0 aromatic carbocycles. The number of likely N-dealkylation sites (tertiary alicyclic amines) is 1. The molecule has 2 fully saturated rings. The second kappa shape index (κ2) is 6.74. The molecule has 3 nitrogen and oxygen atoms in total. The fourth-order valence-corrected chi connectivity index (χ4v) is 2.92. The average molecular weight is 303 g/mol. The zero-order chi connectivity index (χ0) is 12.1. The molecule has 0 aromatic rings. The van der Waals surface area contributed by atoms with Gasteiger partial charge in [0.15, 0.2) is 0 Å².